The highest BCUT2D eigenvalue weighted by molar-refractivity contribution is 5.70. The minimum absolute atomic E-state index is 0.143. The van der Waals surface area contributed by atoms with Gasteiger partial charge in [-0.3, -0.25) is 4.79 Å². The number of unbranched alkanes of at least 4 members (excludes halogenated alkanes) is 2. The molecule has 0 amide bonds. The van der Waals surface area contributed by atoms with Gasteiger partial charge in [0.15, 0.2) is 0 Å². The van der Waals surface area contributed by atoms with E-state index in [9.17, 15) is 4.79 Å². The topological polar surface area (TPSA) is 38.8 Å². The summed E-state index contributed by atoms with van der Waals surface area (Å²) in [5.41, 5.74) is 0. The molecule has 1 fully saturated rings. The quantitative estimate of drug-likeness (QED) is 0.361. The van der Waals surface area contributed by atoms with Gasteiger partial charge in [0.25, 0.3) is 0 Å². The summed E-state index contributed by atoms with van der Waals surface area (Å²) in [4.78, 5) is 10.8. The van der Waals surface area contributed by atoms with Gasteiger partial charge in [-0.15, -0.1) is 0 Å². The Morgan fingerprint density at radius 2 is 2.15 bits per heavy atom. The van der Waals surface area contributed by atoms with Crippen molar-refractivity contribution in [3.05, 3.63) is 0 Å². The van der Waals surface area contributed by atoms with Crippen LogP contribution in [0.4, 0.5) is 0 Å². The first-order valence-electron chi connectivity index (χ1n) is 5.00. The minimum atomic E-state index is -0.164. The van der Waals surface area contributed by atoms with Crippen molar-refractivity contribution in [2.24, 2.45) is 0 Å². The molecule has 0 aromatic rings. The predicted octanol–water partition coefficient (Wildman–Crippen LogP) is 1.90. The van der Waals surface area contributed by atoms with E-state index >= 15 is 0 Å². The van der Waals surface area contributed by atoms with Gasteiger partial charge < -0.3 is 9.47 Å². The number of hydrogen-bond donors (Lipinski definition) is 0. The molecule has 0 N–H and O–H groups in total. The molecule has 1 heterocycles. The Hall–Kier alpha value is -0.570. The lowest BCUT2D eigenvalue weighted by atomic mass is 10.1. The zero-order valence-corrected chi connectivity index (χ0v) is 8.41. The molecule has 0 aromatic heterocycles. The number of methoxy groups -OCH3 is 1. The second kappa shape index (κ2) is 5.22. The number of hydrogen-bond acceptors (Lipinski definition) is 3. The van der Waals surface area contributed by atoms with Crippen molar-refractivity contribution in [1.29, 1.82) is 0 Å². The Kier molecular flexibility index (Phi) is 4.22. The van der Waals surface area contributed by atoms with Crippen LogP contribution in [-0.2, 0) is 14.3 Å². The molecule has 0 bridgehead atoms. The third-order valence-corrected chi connectivity index (χ3v) is 2.38. The van der Waals surface area contributed by atoms with Crippen LogP contribution in [0.15, 0.2) is 0 Å². The maximum atomic E-state index is 10.8. The first-order valence-corrected chi connectivity index (χ1v) is 5.00. The average molecular weight is 186 g/mol. The summed E-state index contributed by atoms with van der Waals surface area (Å²) in [7, 11) is 1.41. The predicted molar refractivity (Wildman–Crippen MR) is 49.4 cm³/mol. The summed E-state index contributed by atoms with van der Waals surface area (Å²) in [6, 6.07) is 0. The Morgan fingerprint density at radius 1 is 1.38 bits per heavy atom. The normalized spacial score (nSPS) is 25.7. The fraction of sp³-hybridized carbons (Fsp3) is 0.900. The van der Waals surface area contributed by atoms with Crippen LogP contribution in [0.2, 0.25) is 0 Å². The smallest absolute Gasteiger partial charge is 0.308 e. The molecule has 0 saturated carbocycles. The van der Waals surface area contributed by atoms with Crippen molar-refractivity contribution in [1.82, 2.24) is 0 Å². The fourth-order valence-electron chi connectivity index (χ4n) is 1.46. The lowest BCUT2D eigenvalue weighted by Gasteiger charge is -1.95. The second-order valence-corrected chi connectivity index (χ2v) is 3.49. The van der Waals surface area contributed by atoms with E-state index in [0.29, 0.717) is 12.5 Å². The molecule has 0 aromatic carbocycles. The van der Waals surface area contributed by atoms with E-state index in [0.717, 1.165) is 6.42 Å². The number of rotatable bonds is 6. The van der Waals surface area contributed by atoms with E-state index < -0.39 is 0 Å². The number of carbonyl (C=O) groups is 1. The van der Waals surface area contributed by atoms with Crippen molar-refractivity contribution >= 4 is 5.97 Å². The van der Waals surface area contributed by atoms with Crippen molar-refractivity contribution < 1.29 is 14.3 Å². The molecule has 0 spiro atoms. The lowest BCUT2D eigenvalue weighted by molar-refractivity contribution is -0.140. The molecule has 0 radical (unpaired) electrons. The van der Waals surface area contributed by atoms with E-state index in [2.05, 4.69) is 11.7 Å². The number of carbonyl (C=O) groups excluding carboxylic acids is 1. The molecule has 13 heavy (non-hydrogen) atoms. The third-order valence-electron chi connectivity index (χ3n) is 2.38. The number of epoxide rings is 1. The SMILES string of the molecule is CCCCCC1OC1CC(=O)OC. The molecule has 1 aliphatic rings. The summed E-state index contributed by atoms with van der Waals surface area (Å²) >= 11 is 0. The molecular formula is C10H18O3. The molecule has 2 unspecified atom stereocenters. The minimum Gasteiger partial charge on any atom is -0.469 e. The third kappa shape index (κ3) is 3.77. The summed E-state index contributed by atoms with van der Waals surface area (Å²) < 4.78 is 9.89. The van der Waals surface area contributed by atoms with Gasteiger partial charge in [-0.05, 0) is 6.42 Å². The molecule has 1 rings (SSSR count). The summed E-state index contributed by atoms with van der Waals surface area (Å²) in [6.07, 6.45) is 5.68. The molecule has 1 aliphatic heterocycles. The second-order valence-electron chi connectivity index (χ2n) is 3.49. The highest BCUT2D eigenvalue weighted by atomic mass is 16.6. The van der Waals surface area contributed by atoms with Crippen LogP contribution in [0.25, 0.3) is 0 Å². The molecule has 2 atom stereocenters. The largest absolute Gasteiger partial charge is 0.469 e. The van der Waals surface area contributed by atoms with Crippen molar-refractivity contribution in [2.45, 2.75) is 51.2 Å². The first kappa shape index (κ1) is 10.5. The number of ether oxygens (including phenoxy) is 2. The molecule has 3 nitrogen and oxygen atoms in total. The van der Waals surface area contributed by atoms with Gasteiger partial charge in [0.2, 0.25) is 0 Å². The fourth-order valence-corrected chi connectivity index (χ4v) is 1.46. The van der Waals surface area contributed by atoms with Crippen LogP contribution >= 0.6 is 0 Å². The monoisotopic (exact) mass is 186 g/mol. The standard InChI is InChI=1S/C10H18O3/c1-3-4-5-6-8-9(13-8)7-10(11)12-2/h8-9H,3-7H2,1-2H3. The Bertz CT molecular complexity index is 168. The summed E-state index contributed by atoms with van der Waals surface area (Å²) in [6.45, 7) is 2.18. The molecule has 1 saturated heterocycles. The molecule has 76 valence electrons. The van der Waals surface area contributed by atoms with Gasteiger partial charge in [-0.2, -0.15) is 0 Å². The Morgan fingerprint density at radius 3 is 2.77 bits per heavy atom. The van der Waals surface area contributed by atoms with Crippen molar-refractivity contribution in [3.8, 4) is 0 Å². The molecule has 0 aliphatic carbocycles. The van der Waals surface area contributed by atoms with Crippen LogP contribution in [-0.4, -0.2) is 25.3 Å². The molecular weight excluding hydrogens is 168 g/mol. The number of esters is 1. The van der Waals surface area contributed by atoms with Gasteiger partial charge in [0.1, 0.15) is 0 Å². The zero-order chi connectivity index (χ0) is 9.68. The zero-order valence-electron chi connectivity index (χ0n) is 8.41. The van der Waals surface area contributed by atoms with E-state index in [1.807, 2.05) is 0 Å². The van der Waals surface area contributed by atoms with E-state index in [1.165, 1.54) is 26.4 Å². The van der Waals surface area contributed by atoms with Gasteiger partial charge >= 0.3 is 5.97 Å². The van der Waals surface area contributed by atoms with Gasteiger partial charge in [0.05, 0.1) is 25.7 Å². The summed E-state index contributed by atoms with van der Waals surface area (Å²) in [5, 5.41) is 0. The first-order chi connectivity index (χ1) is 6.27. The maximum absolute atomic E-state index is 10.8. The summed E-state index contributed by atoms with van der Waals surface area (Å²) in [5.74, 6) is -0.164. The highest BCUT2D eigenvalue weighted by Crippen LogP contribution is 2.30. The van der Waals surface area contributed by atoms with Crippen LogP contribution in [0.1, 0.15) is 39.0 Å². The van der Waals surface area contributed by atoms with E-state index in [4.69, 9.17) is 4.74 Å². The lowest BCUT2D eigenvalue weighted by Crippen LogP contribution is -2.06. The van der Waals surface area contributed by atoms with E-state index in [1.54, 1.807) is 0 Å². The van der Waals surface area contributed by atoms with Crippen LogP contribution in [0.3, 0.4) is 0 Å². The maximum Gasteiger partial charge on any atom is 0.308 e. The van der Waals surface area contributed by atoms with Gasteiger partial charge in [-0.1, -0.05) is 26.2 Å². The van der Waals surface area contributed by atoms with E-state index in [-0.39, 0.29) is 12.1 Å². The van der Waals surface area contributed by atoms with Crippen LogP contribution in [0.5, 0.6) is 0 Å². The Labute approximate surface area is 79.4 Å². The van der Waals surface area contributed by atoms with Crippen LogP contribution in [0, 0.1) is 0 Å². The Balaban J connectivity index is 1.99. The van der Waals surface area contributed by atoms with Gasteiger partial charge in [-0.25, -0.2) is 0 Å². The molecule has 3 heteroatoms. The van der Waals surface area contributed by atoms with Gasteiger partial charge in [0, 0.05) is 0 Å². The average Bonchev–Trinajstić information content (AvgIpc) is 2.84. The van der Waals surface area contributed by atoms with Crippen molar-refractivity contribution in [3.63, 3.8) is 0 Å². The van der Waals surface area contributed by atoms with Crippen molar-refractivity contribution in [2.75, 3.05) is 7.11 Å². The van der Waals surface area contributed by atoms with Crippen LogP contribution < -0.4 is 0 Å². The highest BCUT2D eigenvalue weighted by Gasteiger charge is 2.39.